The third kappa shape index (κ3) is 3.27. The van der Waals surface area contributed by atoms with Gasteiger partial charge in [0.1, 0.15) is 0 Å². The molecular weight excluding hydrogens is 318 g/mol. The van der Waals surface area contributed by atoms with Crippen LogP contribution < -0.4 is 11.1 Å². The first-order chi connectivity index (χ1) is 10.6. The maximum atomic E-state index is 12.1. The summed E-state index contributed by atoms with van der Waals surface area (Å²) in [5.74, 6) is -0.235. The SMILES string of the molecule is Nc1ccc(-c2csc(NC(=O)c3cccc(Cl)c3)n2)cc1. The molecule has 110 valence electrons. The van der Waals surface area contributed by atoms with Crippen molar-refractivity contribution >= 4 is 39.7 Å². The highest BCUT2D eigenvalue weighted by atomic mass is 35.5. The van der Waals surface area contributed by atoms with Crippen LogP contribution in [0.3, 0.4) is 0 Å². The number of hydrogen-bond donors (Lipinski definition) is 2. The minimum absolute atomic E-state index is 0.235. The summed E-state index contributed by atoms with van der Waals surface area (Å²) in [6.07, 6.45) is 0. The fourth-order valence-corrected chi connectivity index (χ4v) is 2.82. The Morgan fingerprint density at radius 1 is 1.18 bits per heavy atom. The average molecular weight is 330 g/mol. The highest BCUT2D eigenvalue weighted by Gasteiger charge is 2.10. The van der Waals surface area contributed by atoms with Gasteiger partial charge in [-0.2, -0.15) is 0 Å². The zero-order valence-corrected chi connectivity index (χ0v) is 13.0. The van der Waals surface area contributed by atoms with Crippen LogP contribution >= 0.6 is 22.9 Å². The Morgan fingerprint density at radius 2 is 1.95 bits per heavy atom. The van der Waals surface area contributed by atoms with Gasteiger partial charge in [0.25, 0.3) is 5.91 Å². The Bertz CT molecular complexity index is 814. The van der Waals surface area contributed by atoms with E-state index >= 15 is 0 Å². The van der Waals surface area contributed by atoms with Gasteiger partial charge in [-0.3, -0.25) is 10.1 Å². The lowest BCUT2D eigenvalue weighted by Crippen LogP contribution is -2.11. The molecule has 4 nitrogen and oxygen atoms in total. The van der Waals surface area contributed by atoms with E-state index in [1.807, 2.05) is 29.6 Å². The van der Waals surface area contributed by atoms with Crippen LogP contribution in [0.4, 0.5) is 10.8 Å². The summed E-state index contributed by atoms with van der Waals surface area (Å²) in [6, 6.07) is 14.2. The molecule has 0 saturated heterocycles. The number of halogens is 1. The van der Waals surface area contributed by atoms with Gasteiger partial charge in [0.15, 0.2) is 5.13 Å². The molecule has 6 heteroatoms. The van der Waals surface area contributed by atoms with Crippen LogP contribution in [0.25, 0.3) is 11.3 Å². The number of amides is 1. The smallest absolute Gasteiger partial charge is 0.257 e. The molecular formula is C16H12ClN3OS. The zero-order chi connectivity index (χ0) is 15.5. The van der Waals surface area contributed by atoms with Crippen LogP contribution in [-0.4, -0.2) is 10.9 Å². The molecule has 22 heavy (non-hydrogen) atoms. The molecule has 0 bridgehead atoms. The van der Waals surface area contributed by atoms with Crippen molar-refractivity contribution in [2.45, 2.75) is 0 Å². The number of hydrogen-bond acceptors (Lipinski definition) is 4. The van der Waals surface area contributed by atoms with Gasteiger partial charge in [0.2, 0.25) is 0 Å². The van der Waals surface area contributed by atoms with E-state index in [0.29, 0.717) is 21.4 Å². The summed E-state index contributed by atoms with van der Waals surface area (Å²) in [5, 5.41) is 5.72. The molecule has 3 rings (SSSR count). The van der Waals surface area contributed by atoms with Gasteiger partial charge in [-0.05, 0) is 30.3 Å². The molecule has 0 unspecified atom stereocenters. The maximum Gasteiger partial charge on any atom is 0.257 e. The van der Waals surface area contributed by atoms with Gasteiger partial charge in [-0.25, -0.2) is 4.98 Å². The summed E-state index contributed by atoms with van der Waals surface area (Å²) in [7, 11) is 0. The van der Waals surface area contributed by atoms with E-state index in [1.54, 1.807) is 24.3 Å². The predicted molar refractivity (Wildman–Crippen MR) is 91.4 cm³/mol. The van der Waals surface area contributed by atoms with Crippen LogP contribution in [0.2, 0.25) is 5.02 Å². The number of nitrogens with one attached hydrogen (secondary N) is 1. The van der Waals surface area contributed by atoms with Gasteiger partial charge in [-0.1, -0.05) is 29.8 Å². The van der Waals surface area contributed by atoms with E-state index in [1.165, 1.54) is 11.3 Å². The molecule has 0 saturated carbocycles. The van der Waals surface area contributed by atoms with E-state index in [9.17, 15) is 4.79 Å². The van der Waals surface area contributed by atoms with Crippen molar-refractivity contribution in [3.8, 4) is 11.3 Å². The van der Waals surface area contributed by atoms with Crippen LogP contribution in [0, 0.1) is 0 Å². The van der Waals surface area contributed by atoms with Gasteiger partial charge >= 0.3 is 0 Å². The Labute approximate surface area is 136 Å². The zero-order valence-electron chi connectivity index (χ0n) is 11.4. The lowest BCUT2D eigenvalue weighted by Gasteiger charge is -2.02. The minimum atomic E-state index is -0.235. The van der Waals surface area contributed by atoms with Crippen molar-refractivity contribution in [2.24, 2.45) is 0 Å². The molecule has 3 aromatic rings. The Kier molecular flexibility index (Phi) is 4.09. The Morgan fingerprint density at radius 3 is 2.68 bits per heavy atom. The minimum Gasteiger partial charge on any atom is -0.399 e. The summed E-state index contributed by atoms with van der Waals surface area (Å²) in [5.41, 5.74) is 8.62. The van der Waals surface area contributed by atoms with E-state index in [4.69, 9.17) is 17.3 Å². The van der Waals surface area contributed by atoms with Crippen molar-refractivity contribution in [1.29, 1.82) is 0 Å². The van der Waals surface area contributed by atoms with Crippen molar-refractivity contribution in [2.75, 3.05) is 11.1 Å². The number of thiazole rings is 1. The predicted octanol–water partition coefficient (Wildman–Crippen LogP) is 4.30. The molecule has 0 radical (unpaired) electrons. The second-order valence-corrected chi connectivity index (χ2v) is 5.92. The molecule has 0 aliphatic carbocycles. The number of nitrogens with two attached hydrogens (primary N) is 1. The van der Waals surface area contributed by atoms with Gasteiger partial charge in [0, 0.05) is 27.2 Å². The highest BCUT2D eigenvalue weighted by Crippen LogP contribution is 2.26. The average Bonchev–Trinajstić information content (AvgIpc) is 2.96. The summed E-state index contributed by atoms with van der Waals surface area (Å²) >= 11 is 7.25. The van der Waals surface area contributed by atoms with Gasteiger partial charge < -0.3 is 5.73 Å². The van der Waals surface area contributed by atoms with E-state index in [0.717, 1.165) is 11.3 Å². The first-order valence-corrected chi connectivity index (χ1v) is 7.76. The summed E-state index contributed by atoms with van der Waals surface area (Å²) in [4.78, 5) is 16.5. The number of aromatic nitrogens is 1. The number of anilines is 2. The Balaban J connectivity index is 1.77. The molecule has 0 aliphatic heterocycles. The number of benzene rings is 2. The molecule has 0 fully saturated rings. The topological polar surface area (TPSA) is 68.0 Å². The summed E-state index contributed by atoms with van der Waals surface area (Å²) in [6.45, 7) is 0. The van der Waals surface area contributed by atoms with Crippen molar-refractivity contribution in [3.05, 3.63) is 64.5 Å². The normalized spacial score (nSPS) is 10.4. The van der Waals surface area contributed by atoms with Crippen LogP contribution in [0.15, 0.2) is 53.9 Å². The van der Waals surface area contributed by atoms with E-state index in [2.05, 4.69) is 10.3 Å². The molecule has 1 amide bonds. The van der Waals surface area contributed by atoms with Gasteiger partial charge in [-0.15, -0.1) is 11.3 Å². The van der Waals surface area contributed by atoms with Gasteiger partial charge in [0.05, 0.1) is 5.69 Å². The quantitative estimate of drug-likeness (QED) is 0.704. The first-order valence-electron chi connectivity index (χ1n) is 6.50. The van der Waals surface area contributed by atoms with E-state index in [-0.39, 0.29) is 5.91 Å². The fraction of sp³-hybridized carbons (Fsp3) is 0. The number of nitrogens with zero attached hydrogens (tertiary/aromatic N) is 1. The number of carbonyl (C=O) groups excluding carboxylic acids is 1. The molecule has 0 aliphatic rings. The second kappa shape index (κ2) is 6.17. The second-order valence-electron chi connectivity index (χ2n) is 4.62. The maximum absolute atomic E-state index is 12.1. The third-order valence-corrected chi connectivity index (χ3v) is 4.01. The standard InChI is InChI=1S/C16H12ClN3OS/c17-12-3-1-2-11(8-12)15(21)20-16-19-14(9-22-16)10-4-6-13(18)7-5-10/h1-9H,18H2,(H,19,20,21). The molecule has 3 N–H and O–H groups in total. The molecule has 1 aromatic heterocycles. The fourth-order valence-electron chi connectivity index (χ4n) is 1.92. The molecule has 0 atom stereocenters. The van der Waals surface area contributed by atoms with Crippen LogP contribution in [0.1, 0.15) is 10.4 Å². The Hall–Kier alpha value is -2.37. The van der Waals surface area contributed by atoms with Crippen molar-refractivity contribution < 1.29 is 4.79 Å². The summed E-state index contributed by atoms with van der Waals surface area (Å²) < 4.78 is 0. The van der Waals surface area contributed by atoms with Crippen molar-refractivity contribution in [3.63, 3.8) is 0 Å². The van der Waals surface area contributed by atoms with Crippen molar-refractivity contribution in [1.82, 2.24) is 4.98 Å². The van der Waals surface area contributed by atoms with Crippen LogP contribution in [-0.2, 0) is 0 Å². The first kappa shape index (κ1) is 14.6. The third-order valence-electron chi connectivity index (χ3n) is 3.02. The lowest BCUT2D eigenvalue weighted by atomic mass is 10.1. The number of rotatable bonds is 3. The molecule has 1 heterocycles. The number of nitrogen functional groups attached to an aromatic ring is 1. The monoisotopic (exact) mass is 329 g/mol. The molecule has 2 aromatic carbocycles. The largest absolute Gasteiger partial charge is 0.399 e. The number of carbonyl (C=O) groups is 1. The lowest BCUT2D eigenvalue weighted by molar-refractivity contribution is 0.102. The molecule has 0 spiro atoms. The van der Waals surface area contributed by atoms with E-state index < -0.39 is 0 Å². The van der Waals surface area contributed by atoms with Crippen LogP contribution in [0.5, 0.6) is 0 Å². The highest BCUT2D eigenvalue weighted by molar-refractivity contribution is 7.14.